The second-order valence-corrected chi connectivity index (χ2v) is 7.12. The molecule has 6 heteroatoms. The molecule has 1 atom stereocenters. The minimum absolute atomic E-state index is 0.0216. The third kappa shape index (κ3) is 6.24. The molecule has 0 unspecified atom stereocenters. The van der Waals surface area contributed by atoms with Crippen LogP contribution in [-0.2, 0) is 14.3 Å². The number of carbonyl (C=O) groups is 2. The molecule has 27 heavy (non-hydrogen) atoms. The maximum Gasteiger partial charge on any atom is 0.260 e. The van der Waals surface area contributed by atoms with Gasteiger partial charge in [0.1, 0.15) is 11.4 Å². The number of amides is 2. The van der Waals surface area contributed by atoms with E-state index < -0.39 is 5.60 Å². The van der Waals surface area contributed by atoms with E-state index >= 15 is 0 Å². The smallest absolute Gasteiger partial charge is 0.260 e. The summed E-state index contributed by atoms with van der Waals surface area (Å²) in [6.45, 7) is 8.01. The average molecular weight is 376 g/mol. The Balaban J connectivity index is 1.88. The van der Waals surface area contributed by atoms with Crippen molar-refractivity contribution in [1.29, 1.82) is 0 Å². The van der Waals surface area contributed by atoms with Crippen LogP contribution in [0.25, 0.3) is 0 Å². The summed E-state index contributed by atoms with van der Waals surface area (Å²) in [4.78, 5) is 26.5. The predicted octanol–water partition coefficient (Wildman–Crippen LogP) is 3.61. The van der Waals surface area contributed by atoms with Crippen molar-refractivity contribution in [1.82, 2.24) is 4.90 Å². The minimum atomic E-state index is -0.831. The van der Waals surface area contributed by atoms with Gasteiger partial charge in [0.25, 0.3) is 11.8 Å². The quantitative estimate of drug-likeness (QED) is 0.677. The van der Waals surface area contributed by atoms with Gasteiger partial charge in [-0.2, -0.15) is 0 Å². The molecule has 1 aromatic carbocycles. The second-order valence-electron chi connectivity index (χ2n) is 7.12. The van der Waals surface area contributed by atoms with Crippen molar-refractivity contribution >= 4 is 17.5 Å². The number of unbranched alkanes of at least 4 members (excludes halogenated alkanes) is 1. The van der Waals surface area contributed by atoms with Gasteiger partial charge in [0.2, 0.25) is 0 Å². The summed E-state index contributed by atoms with van der Waals surface area (Å²) in [5.74, 6) is 0.489. The number of ether oxygens (including phenoxy) is 2. The summed E-state index contributed by atoms with van der Waals surface area (Å²) in [6, 6.07) is 7.08. The fourth-order valence-electron chi connectivity index (χ4n) is 3.18. The molecule has 0 aromatic heterocycles. The summed E-state index contributed by atoms with van der Waals surface area (Å²) in [6.07, 6.45) is 4.76. The summed E-state index contributed by atoms with van der Waals surface area (Å²) in [5.41, 5.74) is -0.150. The molecule has 0 aliphatic carbocycles. The summed E-state index contributed by atoms with van der Waals surface area (Å²) in [5, 5.41) is 2.92. The van der Waals surface area contributed by atoms with Crippen molar-refractivity contribution in [3.63, 3.8) is 0 Å². The molecule has 0 saturated carbocycles. The van der Waals surface area contributed by atoms with Gasteiger partial charge in [0.15, 0.2) is 6.61 Å². The number of hydrogen-bond donors (Lipinski definition) is 1. The van der Waals surface area contributed by atoms with Crippen molar-refractivity contribution in [3.05, 3.63) is 24.3 Å². The number of nitrogens with one attached hydrogen (secondary N) is 1. The first-order valence-electron chi connectivity index (χ1n) is 9.94. The van der Waals surface area contributed by atoms with E-state index in [1.54, 1.807) is 24.3 Å². The van der Waals surface area contributed by atoms with Crippen molar-refractivity contribution in [2.75, 3.05) is 31.6 Å². The number of nitrogens with zero attached hydrogens (tertiary/aromatic N) is 1. The Bertz CT molecular complexity index is 611. The zero-order valence-corrected chi connectivity index (χ0v) is 16.8. The minimum Gasteiger partial charge on any atom is -0.484 e. The van der Waals surface area contributed by atoms with E-state index in [2.05, 4.69) is 12.2 Å². The molecular weight excluding hydrogens is 344 g/mol. The number of hydrogen-bond acceptors (Lipinski definition) is 4. The van der Waals surface area contributed by atoms with Crippen LogP contribution >= 0.6 is 0 Å². The van der Waals surface area contributed by atoms with Gasteiger partial charge in [-0.3, -0.25) is 9.59 Å². The number of likely N-dealkylation sites (tertiary alicyclic amines) is 1. The fourth-order valence-corrected chi connectivity index (χ4v) is 3.18. The lowest BCUT2D eigenvalue weighted by atomic mass is 9.97. The molecule has 1 heterocycles. The van der Waals surface area contributed by atoms with Gasteiger partial charge in [0, 0.05) is 25.4 Å². The van der Waals surface area contributed by atoms with Gasteiger partial charge in [-0.15, -0.1) is 0 Å². The van der Waals surface area contributed by atoms with Crippen LogP contribution in [0.15, 0.2) is 24.3 Å². The number of carbonyl (C=O) groups excluding carboxylic acids is 2. The van der Waals surface area contributed by atoms with Gasteiger partial charge in [-0.1, -0.05) is 19.8 Å². The topological polar surface area (TPSA) is 67.9 Å². The van der Waals surface area contributed by atoms with Gasteiger partial charge >= 0.3 is 0 Å². The lowest BCUT2D eigenvalue weighted by Gasteiger charge is -2.28. The highest BCUT2D eigenvalue weighted by atomic mass is 16.5. The molecule has 0 radical (unpaired) electrons. The lowest BCUT2D eigenvalue weighted by Crippen LogP contribution is -2.42. The molecule has 0 bridgehead atoms. The predicted molar refractivity (Wildman–Crippen MR) is 106 cm³/mol. The summed E-state index contributed by atoms with van der Waals surface area (Å²) in [7, 11) is 0. The van der Waals surface area contributed by atoms with Crippen LogP contribution < -0.4 is 10.1 Å². The van der Waals surface area contributed by atoms with E-state index in [1.807, 2.05) is 18.7 Å². The van der Waals surface area contributed by atoms with E-state index in [-0.39, 0.29) is 18.4 Å². The Hall–Kier alpha value is -2.08. The zero-order chi connectivity index (χ0) is 19.7. The molecule has 1 N–H and O–H groups in total. The Morgan fingerprint density at radius 1 is 1.15 bits per heavy atom. The first-order chi connectivity index (χ1) is 13.0. The summed E-state index contributed by atoms with van der Waals surface area (Å²) < 4.78 is 11.3. The number of anilines is 1. The first-order valence-corrected chi connectivity index (χ1v) is 9.94. The first kappa shape index (κ1) is 21.2. The molecule has 6 nitrogen and oxygen atoms in total. The van der Waals surface area contributed by atoms with Crippen LogP contribution in [0.5, 0.6) is 5.75 Å². The van der Waals surface area contributed by atoms with Crippen LogP contribution in [0.1, 0.15) is 52.9 Å². The van der Waals surface area contributed by atoms with Gasteiger partial charge in [-0.05, 0) is 57.4 Å². The van der Waals surface area contributed by atoms with Crippen LogP contribution in [0.2, 0.25) is 0 Å². The van der Waals surface area contributed by atoms with E-state index in [9.17, 15) is 9.59 Å². The Morgan fingerprint density at radius 3 is 2.41 bits per heavy atom. The van der Waals surface area contributed by atoms with E-state index in [1.165, 1.54) is 0 Å². The maximum atomic E-state index is 12.7. The Labute approximate surface area is 162 Å². The van der Waals surface area contributed by atoms with E-state index in [0.717, 1.165) is 38.8 Å². The Kier molecular flexibility index (Phi) is 8.10. The SMILES string of the molecule is CCCC[C@@](C)(OCC)C(=O)Nc1ccc(OCC(=O)N2CCCC2)cc1. The molecule has 2 rings (SSSR count). The highest BCUT2D eigenvalue weighted by molar-refractivity contribution is 5.97. The molecule has 150 valence electrons. The van der Waals surface area contributed by atoms with Gasteiger partial charge in [-0.25, -0.2) is 0 Å². The normalized spacial score (nSPS) is 16.0. The van der Waals surface area contributed by atoms with Crippen LogP contribution in [-0.4, -0.2) is 48.6 Å². The van der Waals surface area contributed by atoms with E-state index in [4.69, 9.17) is 9.47 Å². The Morgan fingerprint density at radius 2 is 1.81 bits per heavy atom. The van der Waals surface area contributed by atoms with Crippen LogP contribution in [0.4, 0.5) is 5.69 Å². The molecular formula is C21H32N2O4. The number of benzene rings is 1. The summed E-state index contributed by atoms with van der Waals surface area (Å²) >= 11 is 0. The highest BCUT2D eigenvalue weighted by Crippen LogP contribution is 2.23. The molecule has 1 aliphatic rings. The lowest BCUT2D eigenvalue weighted by molar-refractivity contribution is -0.139. The van der Waals surface area contributed by atoms with Crippen LogP contribution in [0.3, 0.4) is 0 Å². The zero-order valence-electron chi connectivity index (χ0n) is 16.8. The molecule has 1 aliphatic heterocycles. The largest absolute Gasteiger partial charge is 0.484 e. The fraction of sp³-hybridized carbons (Fsp3) is 0.619. The second kappa shape index (κ2) is 10.3. The molecule has 1 saturated heterocycles. The van der Waals surface area contributed by atoms with Gasteiger partial charge in [0.05, 0.1) is 0 Å². The standard InChI is InChI=1S/C21H32N2O4/c1-4-6-13-21(3,27-5-2)20(25)22-17-9-11-18(12-10-17)26-16-19(24)23-14-7-8-15-23/h9-12H,4-8,13-16H2,1-3H3,(H,22,25)/t21-/m1/s1. The molecule has 1 fully saturated rings. The van der Waals surface area contributed by atoms with Crippen molar-refractivity contribution < 1.29 is 19.1 Å². The molecule has 2 amide bonds. The maximum absolute atomic E-state index is 12.7. The van der Waals surface area contributed by atoms with Crippen molar-refractivity contribution in [3.8, 4) is 5.75 Å². The molecule has 1 aromatic rings. The van der Waals surface area contributed by atoms with Gasteiger partial charge < -0.3 is 19.7 Å². The monoisotopic (exact) mass is 376 g/mol. The highest BCUT2D eigenvalue weighted by Gasteiger charge is 2.33. The number of rotatable bonds is 10. The average Bonchev–Trinajstić information content (AvgIpc) is 3.20. The third-order valence-corrected chi connectivity index (χ3v) is 4.88. The van der Waals surface area contributed by atoms with Crippen LogP contribution in [0, 0.1) is 0 Å². The van der Waals surface area contributed by atoms with Crippen molar-refractivity contribution in [2.24, 2.45) is 0 Å². The third-order valence-electron chi connectivity index (χ3n) is 4.88. The van der Waals surface area contributed by atoms with E-state index in [0.29, 0.717) is 24.5 Å². The van der Waals surface area contributed by atoms with Crippen molar-refractivity contribution in [2.45, 2.75) is 58.5 Å². The molecule has 0 spiro atoms.